The van der Waals surface area contributed by atoms with Crippen molar-refractivity contribution < 1.29 is 9.18 Å². The molecule has 1 amide bonds. The fourth-order valence-electron chi connectivity index (χ4n) is 3.03. The third kappa shape index (κ3) is 4.35. The molecular formula is C19H20FNOS. The fourth-order valence-corrected chi connectivity index (χ4v) is 3.76. The van der Waals surface area contributed by atoms with Crippen LogP contribution in [-0.2, 0) is 11.2 Å². The van der Waals surface area contributed by atoms with Crippen LogP contribution in [0.2, 0.25) is 0 Å². The topological polar surface area (TPSA) is 29.1 Å². The second-order valence-electron chi connectivity index (χ2n) is 5.83. The number of nitrogens with one attached hydrogen (secondary N) is 1. The molecule has 0 aliphatic heterocycles. The van der Waals surface area contributed by atoms with Crippen LogP contribution in [0.1, 0.15) is 29.9 Å². The Morgan fingerprint density at radius 2 is 1.96 bits per heavy atom. The number of fused-ring (bicyclic) bond motifs is 1. The second kappa shape index (κ2) is 7.64. The third-order valence-electron chi connectivity index (χ3n) is 4.22. The Morgan fingerprint density at radius 3 is 2.78 bits per heavy atom. The summed E-state index contributed by atoms with van der Waals surface area (Å²) >= 11 is 1.43. The van der Waals surface area contributed by atoms with Crippen molar-refractivity contribution in [3.05, 3.63) is 65.5 Å². The number of aryl methyl sites for hydroxylation is 1. The first-order chi connectivity index (χ1) is 11.2. The molecule has 3 rings (SSSR count). The van der Waals surface area contributed by atoms with Crippen LogP contribution in [0.25, 0.3) is 0 Å². The maximum Gasteiger partial charge on any atom is 0.230 e. The molecular weight excluding hydrogens is 309 g/mol. The minimum Gasteiger partial charge on any atom is -0.355 e. The molecule has 1 aliphatic carbocycles. The molecule has 120 valence electrons. The Morgan fingerprint density at radius 1 is 1.17 bits per heavy atom. The summed E-state index contributed by atoms with van der Waals surface area (Å²) in [5.74, 6) is 0.553. The van der Waals surface area contributed by atoms with Crippen LogP contribution in [0.3, 0.4) is 0 Å². The number of carbonyl (C=O) groups is 1. The number of benzene rings is 2. The number of halogens is 1. The molecule has 1 aliphatic rings. The molecule has 0 bridgehead atoms. The van der Waals surface area contributed by atoms with Crippen LogP contribution in [-0.4, -0.2) is 18.2 Å². The fraction of sp³-hybridized carbons (Fsp3) is 0.316. The van der Waals surface area contributed by atoms with Gasteiger partial charge in [0.05, 0.1) is 5.75 Å². The van der Waals surface area contributed by atoms with Gasteiger partial charge in [0.2, 0.25) is 5.91 Å². The van der Waals surface area contributed by atoms with Gasteiger partial charge >= 0.3 is 0 Å². The summed E-state index contributed by atoms with van der Waals surface area (Å²) < 4.78 is 12.8. The minimum atomic E-state index is -0.255. The van der Waals surface area contributed by atoms with Gasteiger partial charge in [-0.25, -0.2) is 4.39 Å². The van der Waals surface area contributed by atoms with Crippen molar-refractivity contribution in [2.75, 3.05) is 12.3 Å². The zero-order valence-electron chi connectivity index (χ0n) is 12.9. The van der Waals surface area contributed by atoms with Gasteiger partial charge in [0.15, 0.2) is 0 Å². The highest BCUT2D eigenvalue weighted by Gasteiger charge is 2.20. The van der Waals surface area contributed by atoms with Crippen LogP contribution < -0.4 is 5.32 Å². The molecule has 0 radical (unpaired) electrons. The molecule has 1 unspecified atom stereocenters. The van der Waals surface area contributed by atoms with E-state index in [-0.39, 0.29) is 11.7 Å². The van der Waals surface area contributed by atoms with E-state index in [1.54, 1.807) is 12.1 Å². The van der Waals surface area contributed by atoms with Gasteiger partial charge in [0.25, 0.3) is 0 Å². The molecule has 1 N–H and O–H groups in total. The average Bonchev–Trinajstić information content (AvgIpc) is 2.59. The first kappa shape index (κ1) is 16.1. The SMILES string of the molecule is O=C(CSc1ccc(F)cc1)NCC1CCCc2ccccc21. The first-order valence-electron chi connectivity index (χ1n) is 7.95. The van der Waals surface area contributed by atoms with Crippen molar-refractivity contribution in [3.8, 4) is 0 Å². The average molecular weight is 329 g/mol. The van der Waals surface area contributed by atoms with Crippen LogP contribution >= 0.6 is 11.8 Å². The molecule has 23 heavy (non-hydrogen) atoms. The lowest BCUT2D eigenvalue weighted by Crippen LogP contribution is -2.31. The van der Waals surface area contributed by atoms with Gasteiger partial charge in [-0.15, -0.1) is 11.8 Å². The lowest BCUT2D eigenvalue weighted by Gasteiger charge is -2.25. The molecule has 0 spiro atoms. The number of thioether (sulfide) groups is 1. The maximum absolute atomic E-state index is 12.8. The van der Waals surface area contributed by atoms with E-state index in [4.69, 9.17) is 0 Å². The lowest BCUT2D eigenvalue weighted by molar-refractivity contribution is -0.118. The van der Waals surface area contributed by atoms with Gasteiger partial charge in [-0.1, -0.05) is 24.3 Å². The van der Waals surface area contributed by atoms with Crippen molar-refractivity contribution in [3.63, 3.8) is 0 Å². The van der Waals surface area contributed by atoms with Crippen molar-refractivity contribution in [1.82, 2.24) is 5.32 Å². The number of hydrogen-bond donors (Lipinski definition) is 1. The molecule has 2 aromatic rings. The highest BCUT2D eigenvalue weighted by atomic mass is 32.2. The number of hydrogen-bond acceptors (Lipinski definition) is 2. The van der Waals surface area contributed by atoms with Gasteiger partial charge in [-0.2, -0.15) is 0 Å². The Bertz CT molecular complexity index is 671. The van der Waals surface area contributed by atoms with E-state index in [1.165, 1.54) is 41.4 Å². The summed E-state index contributed by atoms with van der Waals surface area (Å²) in [6, 6.07) is 14.8. The van der Waals surface area contributed by atoms with Gasteiger partial charge in [-0.05, 0) is 54.7 Å². The van der Waals surface area contributed by atoms with Crippen LogP contribution in [0.15, 0.2) is 53.4 Å². The molecule has 0 saturated heterocycles. The van der Waals surface area contributed by atoms with E-state index < -0.39 is 0 Å². The zero-order chi connectivity index (χ0) is 16.1. The van der Waals surface area contributed by atoms with Crippen LogP contribution in [0.5, 0.6) is 0 Å². The summed E-state index contributed by atoms with van der Waals surface area (Å²) in [7, 11) is 0. The minimum absolute atomic E-state index is 0.0300. The van der Waals surface area contributed by atoms with Crippen LogP contribution in [0.4, 0.5) is 4.39 Å². The highest BCUT2D eigenvalue weighted by molar-refractivity contribution is 8.00. The quantitative estimate of drug-likeness (QED) is 0.835. The van der Waals surface area contributed by atoms with Crippen molar-refractivity contribution in [1.29, 1.82) is 0 Å². The smallest absolute Gasteiger partial charge is 0.230 e. The molecule has 1 atom stereocenters. The number of rotatable bonds is 5. The van der Waals surface area contributed by atoms with Crippen molar-refractivity contribution in [2.24, 2.45) is 0 Å². The summed E-state index contributed by atoms with van der Waals surface area (Å²) in [5, 5.41) is 3.04. The van der Waals surface area contributed by atoms with E-state index in [1.807, 2.05) is 0 Å². The summed E-state index contributed by atoms with van der Waals surface area (Å²) in [4.78, 5) is 12.9. The molecule has 2 aromatic carbocycles. The molecule has 2 nitrogen and oxygen atoms in total. The molecule has 4 heteroatoms. The summed E-state index contributed by atoms with van der Waals surface area (Å²) in [5.41, 5.74) is 2.80. The third-order valence-corrected chi connectivity index (χ3v) is 5.23. The standard InChI is InChI=1S/C19H20FNOS/c20-16-8-10-17(11-9-16)23-13-19(22)21-12-15-6-3-5-14-4-1-2-7-18(14)15/h1-2,4,7-11,15H,3,5-6,12-13H2,(H,21,22). The van der Waals surface area contributed by atoms with Crippen molar-refractivity contribution in [2.45, 2.75) is 30.1 Å². The number of amides is 1. The van der Waals surface area contributed by atoms with E-state index in [0.717, 1.165) is 17.7 Å². The zero-order valence-corrected chi connectivity index (χ0v) is 13.7. The van der Waals surface area contributed by atoms with Crippen LogP contribution in [0, 0.1) is 5.82 Å². The molecule has 0 aromatic heterocycles. The molecule has 0 fully saturated rings. The Hall–Kier alpha value is -1.81. The lowest BCUT2D eigenvalue weighted by atomic mass is 9.83. The predicted molar refractivity (Wildman–Crippen MR) is 92.3 cm³/mol. The first-order valence-corrected chi connectivity index (χ1v) is 8.94. The van der Waals surface area contributed by atoms with E-state index in [9.17, 15) is 9.18 Å². The van der Waals surface area contributed by atoms with E-state index in [0.29, 0.717) is 18.2 Å². The highest BCUT2D eigenvalue weighted by Crippen LogP contribution is 2.30. The number of carbonyl (C=O) groups excluding carboxylic acids is 1. The monoisotopic (exact) mass is 329 g/mol. The summed E-state index contributed by atoms with van der Waals surface area (Å²) in [6.45, 7) is 0.694. The molecule has 0 heterocycles. The largest absolute Gasteiger partial charge is 0.355 e. The summed E-state index contributed by atoms with van der Waals surface area (Å²) in [6.07, 6.45) is 3.45. The van der Waals surface area contributed by atoms with Gasteiger partial charge in [0, 0.05) is 17.4 Å². The van der Waals surface area contributed by atoms with Gasteiger partial charge in [0.1, 0.15) is 5.82 Å². The van der Waals surface area contributed by atoms with E-state index in [2.05, 4.69) is 29.6 Å². The Labute approximate surface area is 140 Å². The Kier molecular flexibility index (Phi) is 5.34. The van der Waals surface area contributed by atoms with Gasteiger partial charge < -0.3 is 5.32 Å². The normalized spacial score (nSPS) is 16.7. The molecule has 0 saturated carbocycles. The maximum atomic E-state index is 12.8. The second-order valence-corrected chi connectivity index (χ2v) is 6.88. The Balaban J connectivity index is 1.49. The predicted octanol–water partition coefficient (Wildman–Crippen LogP) is 4.15. The van der Waals surface area contributed by atoms with E-state index >= 15 is 0 Å². The van der Waals surface area contributed by atoms with Crippen molar-refractivity contribution >= 4 is 17.7 Å². The van der Waals surface area contributed by atoms with Gasteiger partial charge in [-0.3, -0.25) is 4.79 Å².